The number of hydrogen-bond donors (Lipinski definition) is 1. The van der Waals surface area contributed by atoms with Gasteiger partial charge in [-0.1, -0.05) is 22.8 Å². The quantitative estimate of drug-likeness (QED) is 0.729. The van der Waals surface area contributed by atoms with E-state index in [0.29, 0.717) is 11.3 Å². The lowest BCUT2D eigenvalue weighted by molar-refractivity contribution is 0.439. The SMILES string of the molecule is Nc1onc(-c2cc(F)c(Cl)cc2F)c1-c1ccccn1. The molecule has 3 aromatic rings. The van der Waals surface area contributed by atoms with Gasteiger partial charge in [-0.2, -0.15) is 0 Å². The molecule has 0 amide bonds. The Morgan fingerprint density at radius 2 is 1.95 bits per heavy atom. The highest BCUT2D eigenvalue weighted by Gasteiger charge is 2.22. The minimum atomic E-state index is -0.762. The molecule has 21 heavy (non-hydrogen) atoms. The molecule has 2 aromatic heterocycles. The summed E-state index contributed by atoms with van der Waals surface area (Å²) in [4.78, 5) is 4.12. The Morgan fingerprint density at radius 3 is 2.67 bits per heavy atom. The summed E-state index contributed by atoms with van der Waals surface area (Å²) >= 11 is 5.54. The summed E-state index contributed by atoms with van der Waals surface area (Å²) in [6.07, 6.45) is 1.55. The van der Waals surface area contributed by atoms with Crippen molar-refractivity contribution in [1.29, 1.82) is 0 Å². The van der Waals surface area contributed by atoms with Crippen LogP contribution in [0.4, 0.5) is 14.7 Å². The van der Waals surface area contributed by atoms with Crippen LogP contribution >= 0.6 is 11.6 Å². The molecule has 0 atom stereocenters. The summed E-state index contributed by atoms with van der Waals surface area (Å²) in [5.41, 5.74) is 6.43. The molecule has 0 bridgehead atoms. The summed E-state index contributed by atoms with van der Waals surface area (Å²) in [5.74, 6) is -1.52. The summed E-state index contributed by atoms with van der Waals surface area (Å²) < 4.78 is 32.5. The number of anilines is 1. The standard InChI is InChI=1S/C14H8ClF2N3O/c15-8-6-9(16)7(5-10(8)17)13-12(14(18)21-20-13)11-3-1-2-4-19-11/h1-6H,18H2. The highest BCUT2D eigenvalue weighted by molar-refractivity contribution is 6.30. The second-order valence-corrected chi connectivity index (χ2v) is 4.64. The lowest BCUT2D eigenvalue weighted by Gasteiger charge is -2.04. The number of pyridine rings is 1. The zero-order chi connectivity index (χ0) is 15.0. The van der Waals surface area contributed by atoms with Crippen molar-refractivity contribution in [1.82, 2.24) is 10.1 Å². The molecule has 0 saturated heterocycles. The fraction of sp³-hybridized carbons (Fsp3) is 0. The van der Waals surface area contributed by atoms with E-state index in [9.17, 15) is 8.78 Å². The number of halogens is 3. The molecule has 4 nitrogen and oxygen atoms in total. The van der Waals surface area contributed by atoms with E-state index in [2.05, 4.69) is 10.1 Å². The molecule has 0 fully saturated rings. The van der Waals surface area contributed by atoms with Crippen molar-refractivity contribution in [3.05, 3.63) is 53.2 Å². The Morgan fingerprint density at radius 1 is 1.14 bits per heavy atom. The first-order chi connectivity index (χ1) is 10.1. The van der Waals surface area contributed by atoms with E-state index in [1.165, 1.54) is 0 Å². The number of rotatable bonds is 2. The van der Waals surface area contributed by atoms with Crippen LogP contribution in [0.5, 0.6) is 0 Å². The predicted molar refractivity (Wildman–Crippen MR) is 74.5 cm³/mol. The Balaban J connectivity index is 2.24. The van der Waals surface area contributed by atoms with Gasteiger partial charge < -0.3 is 10.3 Å². The van der Waals surface area contributed by atoms with Crippen molar-refractivity contribution >= 4 is 17.5 Å². The maximum absolute atomic E-state index is 14.0. The van der Waals surface area contributed by atoms with E-state index in [-0.39, 0.29) is 22.2 Å². The number of nitrogens with zero attached hydrogens (tertiary/aromatic N) is 2. The largest absolute Gasteiger partial charge is 0.367 e. The Bertz CT molecular complexity index is 805. The Kier molecular flexibility index (Phi) is 3.31. The Labute approximate surface area is 123 Å². The van der Waals surface area contributed by atoms with E-state index < -0.39 is 11.6 Å². The van der Waals surface area contributed by atoms with Crippen molar-refractivity contribution in [3.8, 4) is 22.5 Å². The van der Waals surface area contributed by atoms with Gasteiger partial charge in [-0.3, -0.25) is 4.98 Å². The van der Waals surface area contributed by atoms with Gasteiger partial charge in [-0.25, -0.2) is 8.78 Å². The fourth-order valence-electron chi connectivity index (χ4n) is 1.95. The average Bonchev–Trinajstić information content (AvgIpc) is 2.85. The summed E-state index contributed by atoms with van der Waals surface area (Å²) in [6.45, 7) is 0. The van der Waals surface area contributed by atoms with Crippen LogP contribution in [0.2, 0.25) is 5.02 Å². The van der Waals surface area contributed by atoms with E-state index in [1.807, 2.05) is 0 Å². The lowest BCUT2D eigenvalue weighted by Crippen LogP contribution is -1.93. The molecule has 2 heterocycles. The third-order valence-electron chi connectivity index (χ3n) is 2.90. The highest BCUT2D eigenvalue weighted by atomic mass is 35.5. The first-order valence-corrected chi connectivity index (χ1v) is 6.27. The van der Waals surface area contributed by atoms with Gasteiger partial charge in [0, 0.05) is 11.8 Å². The normalized spacial score (nSPS) is 10.8. The van der Waals surface area contributed by atoms with Crippen LogP contribution in [0.3, 0.4) is 0 Å². The predicted octanol–water partition coefficient (Wildman–Crippen LogP) is 3.92. The fourth-order valence-corrected chi connectivity index (χ4v) is 2.10. The van der Waals surface area contributed by atoms with Crippen LogP contribution in [-0.2, 0) is 0 Å². The molecule has 7 heteroatoms. The number of benzene rings is 1. The van der Waals surface area contributed by atoms with Crippen molar-refractivity contribution < 1.29 is 13.3 Å². The molecule has 0 saturated carbocycles. The summed E-state index contributed by atoms with van der Waals surface area (Å²) in [5, 5.41) is 3.39. The zero-order valence-corrected chi connectivity index (χ0v) is 11.2. The van der Waals surface area contributed by atoms with Crippen LogP contribution in [0.25, 0.3) is 22.5 Å². The second-order valence-electron chi connectivity index (χ2n) is 4.23. The van der Waals surface area contributed by atoms with Crippen LogP contribution in [-0.4, -0.2) is 10.1 Å². The minimum absolute atomic E-state index is 0.0292. The van der Waals surface area contributed by atoms with Gasteiger partial charge in [0.25, 0.3) is 0 Å². The average molecular weight is 308 g/mol. The summed E-state index contributed by atoms with van der Waals surface area (Å²) in [6, 6.07) is 6.93. The maximum Gasteiger partial charge on any atom is 0.232 e. The second kappa shape index (κ2) is 5.14. The van der Waals surface area contributed by atoms with Crippen LogP contribution in [0, 0.1) is 11.6 Å². The molecule has 2 N–H and O–H groups in total. The molecule has 0 spiro atoms. The molecule has 106 valence electrons. The highest BCUT2D eigenvalue weighted by Crippen LogP contribution is 2.37. The smallest absolute Gasteiger partial charge is 0.232 e. The minimum Gasteiger partial charge on any atom is -0.367 e. The van der Waals surface area contributed by atoms with Crippen molar-refractivity contribution in [2.24, 2.45) is 0 Å². The molecular formula is C14H8ClF2N3O. The third-order valence-corrected chi connectivity index (χ3v) is 3.19. The van der Waals surface area contributed by atoms with E-state index in [4.69, 9.17) is 21.9 Å². The number of nitrogens with two attached hydrogens (primary N) is 1. The van der Waals surface area contributed by atoms with Crippen LogP contribution < -0.4 is 5.73 Å². The molecular weight excluding hydrogens is 300 g/mol. The summed E-state index contributed by atoms with van der Waals surface area (Å²) in [7, 11) is 0. The number of nitrogen functional groups attached to an aromatic ring is 1. The molecule has 0 aliphatic heterocycles. The molecule has 0 aliphatic rings. The molecule has 1 aromatic carbocycles. The van der Waals surface area contributed by atoms with E-state index >= 15 is 0 Å². The van der Waals surface area contributed by atoms with Gasteiger partial charge in [-0.05, 0) is 24.3 Å². The van der Waals surface area contributed by atoms with Crippen molar-refractivity contribution in [3.63, 3.8) is 0 Å². The van der Waals surface area contributed by atoms with Gasteiger partial charge in [0.15, 0.2) is 0 Å². The van der Waals surface area contributed by atoms with Gasteiger partial charge in [0.1, 0.15) is 17.3 Å². The number of hydrogen-bond acceptors (Lipinski definition) is 4. The first-order valence-electron chi connectivity index (χ1n) is 5.89. The van der Waals surface area contributed by atoms with Gasteiger partial charge >= 0.3 is 0 Å². The van der Waals surface area contributed by atoms with Crippen LogP contribution in [0.15, 0.2) is 41.1 Å². The lowest BCUT2D eigenvalue weighted by atomic mass is 10.0. The van der Waals surface area contributed by atoms with E-state index in [1.54, 1.807) is 24.4 Å². The Hall–Kier alpha value is -2.47. The maximum atomic E-state index is 14.0. The topological polar surface area (TPSA) is 64.9 Å². The third kappa shape index (κ3) is 2.34. The van der Waals surface area contributed by atoms with Crippen LogP contribution in [0.1, 0.15) is 0 Å². The van der Waals surface area contributed by atoms with E-state index in [0.717, 1.165) is 12.1 Å². The molecule has 0 radical (unpaired) electrons. The number of aromatic nitrogens is 2. The van der Waals surface area contributed by atoms with Gasteiger partial charge in [-0.15, -0.1) is 0 Å². The van der Waals surface area contributed by atoms with Crippen molar-refractivity contribution in [2.45, 2.75) is 0 Å². The molecule has 3 rings (SSSR count). The first kappa shape index (κ1) is 13.5. The monoisotopic (exact) mass is 307 g/mol. The molecule has 0 unspecified atom stereocenters. The van der Waals surface area contributed by atoms with Crippen molar-refractivity contribution in [2.75, 3.05) is 5.73 Å². The molecule has 0 aliphatic carbocycles. The van der Waals surface area contributed by atoms with Gasteiger partial charge in [0.05, 0.1) is 16.3 Å². The van der Waals surface area contributed by atoms with Gasteiger partial charge in [0.2, 0.25) is 5.88 Å². The zero-order valence-electron chi connectivity index (χ0n) is 10.5.